The topological polar surface area (TPSA) is 63.6 Å². The summed E-state index contributed by atoms with van der Waals surface area (Å²) in [5, 5.41) is 9.33. The van der Waals surface area contributed by atoms with Crippen molar-refractivity contribution >= 4 is 11.9 Å². The fourth-order valence-electron chi connectivity index (χ4n) is 5.06. The number of ether oxygens (including phenoxy) is 1. The van der Waals surface area contributed by atoms with E-state index in [1.807, 2.05) is 0 Å². The number of carbonyl (C=O) groups excluding carboxylic acids is 1. The predicted molar refractivity (Wildman–Crippen MR) is 137 cm³/mol. The summed E-state index contributed by atoms with van der Waals surface area (Å²) < 4.78 is 6.00. The van der Waals surface area contributed by atoms with Crippen molar-refractivity contribution in [3.63, 3.8) is 0 Å². The van der Waals surface area contributed by atoms with Crippen molar-refractivity contribution in [1.29, 1.82) is 0 Å². The van der Waals surface area contributed by atoms with Crippen molar-refractivity contribution in [2.24, 2.45) is 23.7 Å². The zero-order valence-electron chi connectivity index (χ0n) is 22.3. The Labute approximate surface area is 204 Å². The van der Waals surface area contributed by atoms with Crippen molar-refractivity contribution in [2.45, 2.75) is 149 Å². The molecule has 0 spiro atoms. The fraction of sp³-hybridized carbons (Fsp3) is 0.931. The highest BCUT2D eigenvalue weighted by Gasteiger charge is 2.32. The van der Waals surface area contributed by atoms with Gasteiger partial charge in [0.05, 0.1) is 11.8 Å². The predicted octanol–water partition coefficient (Wildman–Crippen LogP) is 8.56. The van der Waals surface area contributed by atoms with E-state index in [0.717, 1.165) is 50.4 Å². The summed E-state index contributed by atoms with van der Waals surface area (Å²) in [4.78, 5) is 24.2. The van der Waals surface area contributed by atoms with Crippen LogP contribution < -0.4 is 0 Å². The van der Waals surface area contributed by atoms with Crippen LogP contribution in [0.2, 0.25) is 0 Å². The molecule has 1 aliphatic carbocycles. The number of esters is 1. The first-order chi connectivity index (χ1) is 15.8. The van der Waals surface area contributed by atoms with Crippen LogP contribution in [0.4, 0.5) is 0 Å². The van der Waals surface area contributed by atoms with Crippen LogP contribution in [0.15, 0.2) is 0 Å². The Morgan fingerprint density at radius 1 is 0.697 bits per heavy atom. The van der Waals surface area contributed by atoms with Crippen LogP contribution in [0.5, 0.6) is 0 Å². The lowest BCUT2D eigenvalue weighted by molar-refractivity contribution is -0.158. The molecule has 0 aromatic heterocycles. The second kappa shape index (κ2) is 18.3. The minimum atomic E-state index is -0.765. The molecule has 0 aromatic carbocycles. The molecule has 1 fully saturated rings. The van der Waals surface area contributed by atoms with Gasteiger partial charge in [-0.1, -0.05) is 98.3 Å². The number of unbranched alkanes of at least 4 members (excludes halogenated alkanes) is 8. The smallest absolute Gasteiger partial charge is 0.309 e. The first-order valence-corrected chi connectivity index (χ1v) is 14.2. The van der Waals surface area contributed by atoms with Gasteiger partial charge in [0.15, 0.2) is 0 Å². The highest BCUT2D eigenvalue weighted by Crippen LogP contribution is 2.31. The quantitative estimate of drug-likeness (QED) is 0.153. The van der Waals surface area contributed by atoms with E-state index in [0.29, 0.717) is 12.8 Å². The van der Waals surface area contributed by atoms with Crippen LogP contribution in [0.1, 0.15) is 143 Å². The monoisotopic (exact) mass is 466 g/mol. The second-order valence-corrected chi connectivity index (χ2v) is 11.4. The zero-order valence-corrected chi connectivity index (χ0v) is 22.3. The van der Waals surface area contributed by atoms with Crippen LogP contribution in [0.25, 0.3) is 0 Å². The maximum absolute atomic E-state index is 12.8. The lowest BCUT2D eigenvalue weighted by Crippen LogP contribution is -2.31. The van der Waals surface area contributed by atoms with Crippen LogP contribution in [-0.2, 0) is 14.3 Å². The Morgan fingerprint density at radius 2 is 1.12 bits per heavy atom. The van der Waals surface area contributed by atoms with Crippen LogP contribution in [0, 0.1) is 23.7 Å². The van der Waals surface area contributed by atoms with Crippen LogP contribution in [0.3, 0.4) is 0 Å². The molecule has 33 heavy (non-hydrogen) atoms. The molecule has 0 aromatic rings. The maximum atomic E-state index is 12.8. The normalized spacial score (nSPS) is 19.7. The Morgan fingerprint density at radius 3 is 1.61 bits per heavy atom. The van der Waals surface area contributed by atoms with Gasteiger partial charge < -0.3 is 9.84 Å². The second-order valence-electron chi connectivity index (χ2n) is 11.4. The van der Waals surface area contributed by atoms with Crippen LogP contribution >= 0.6 is 0 Å². The van der Waals surface area contributed by atoms with Crippen molar-refractivity contribution in [3.8, 4) is 0 Å². The third-order valence-corrected chi connectivity index (χ3v) is 7.25. The molecule has 0 heterocycles. The molecule has 1 N–H and O–H groups in total. The van der Waals surface area contributed by atoms with Crippen LogP contribution in [-0.4, -0.2) is 23.1 Å². The minimum Gasteiger partial charge on any atom is -0.481 e. The number of hydrogen-bond donors (Lipinski definition) is 1. The van der Waals surface area contributed by atoms with E-state index >= 15 is 0 Å². The maximum Gasteiger partial charge on any atom is 0.309 e. The average molecular weight is 467 g/mol. The molecule has 1 rings (SSSR count). The standard InChI is InChI=1S/C29H54O4/c1-23(2)16-11-8-6-5-7-9-13-20-27(21-14-10-12-17-24(3)4)33-29(32)26-19-15-18-25(22-26)28(30)31/h23-27H,5-22H2,1-4H3,(H,30,31). The minimum absolute atomic E-state index is 0.00722. The van der Waals surface area contributed by atoms with E-state index in [2.05, 4.69) is 27.7 Å². The van der Waals surface area contributed by atoms with Gasteiger partial charge in [-0.3, -0.25) is 9.59 Å². The van der Waals surface area contributed by atoms with Crippen molar-refractivity contribution in [2.75, 3.05) is 0 Å². The zero-order chi connectivity index (χ0) is 24.5. The summed E-state index contributed by atoms with van der Waals surface area (Å²) in [5.41, 5.74) is 0. The molecular weight excluding hydrogens is 412 g/mol. The number of rotatable bonds is 19. The van der Waals surface area contributed by atoms with E-state index in [-0.39, 0.29) is 23.9 Å². The van der Waals surface area contributed by atoms with E-state index in [9.17, 15) is 14.7 Å². The molecule has 4 heteroatoms. The van der Waals surface area contributed by atoms with Gasteiger partial charge in [0, 0.05) is 0 Å². The van der Waals surface area contributed by atoms with Gasteiger partial charge >= 0.3 is 11.9 Å². The average Bonchev–Trinajstić information content (AvgIpc) is 2.77. The number of carboxylic acid groups (broad SMARTS) is 1. The summed E-state index contributed by atoms with van der Waals surface area (Å²) in [6, 6.07) is 0. The summed E-state index contributed by atoms with van der Waals surface area (Å²) in [6.07, 6.45) is 19.8. The van der Waals surface area contributed by atoms with E-state index in [4.69, 9.17) is 4.74 Å². The van der Waals surface area contributed by atoms with E-state index < -0.39 is 5.97 Å². The summed E-state index contributed by atoms with van der Waals surface area (Å²) >= 11 is 0. The molecule has 1 aliphatic rings. The highest BCUT2D eigenvalue weighted by atomic mass is 16.5. The van der Waals surface area contributed by atoms with Gasteiger partial charge in [0.2, 0.25) is 0 Å². The molecular formula is C29H54O4. The molecule has 0 aliphatic heterocycles. The molecule has 0 bridgehead atoms. The molecule has 4 nitrogen and oxygen atoms in total. The van der Waals surface area contributed by atoms with Gasteiger partial charge in [-0.25, -0.2) is 0 Å². The summed E-state index contributed by atoms with van der Waals surface area (Å²) in [7, 11) is 0. The Kier molecular flexibility index (Phi) is 16.6. The molecule has 0 radical (unpaired) electrons. The third-order valence-electron chi connectivity index (χ3n) is 7.25. The molecule has 1 saturated carbocycles. The molecule has 3 unspecified atom stereocenters. The Balaban J connectivity index is 2.35. The SMILES string of the molecule is CC(C)CCCCCCCCCC(CCCCCC(C)C)OC(=O)C1CCCC(C(=O)O)C1. The summed E-state index contributed by atoms with van der Waals surface area (Å²) in [6.45, 7) is 9.13. The third kappa shape index (κ3) is 15.5. The largest absolute Gasteiger partial charge is 0.481 e. The first kappa shape index (κ1) is 30.0. The first-order valence-electron chi connectivity index (χ1n) is 14.2. The highest BCUT2D eigenvalue weighted by molar-refractivity contribution is 5.75. The number of carboxylic acids is 1. The Hall–Kier alpha value is -1.06. The van der Waals surface area contributed by atoms with E-state index in [1.165, 1.54) is 64.2 Å². The van der Waals surface area contributed by atoms with Gasteiger partial charge in [-0.15, -0.1) is 0 Å². The van der Waals surface area contributed by atoms with Gasteiger partial charge in [0.1, 0.15) is 6.10 Å². The van der Waals surface area contributed by atoms with Gasteiger partial charge in [-0.05, 0) is 56.8 Å². The van der Waals surface area contributed by atoms with Crippen molar-refractivity contribution in [3.05, 3.63) is 0 Å². The Bertz CT molecular complexity index is 514. The lowest BCUT2D eigenvalue weighted by Gasteiger charge is -2.27. The van der Waals surface area contributed by atoms with Gasteiger partial charge in [0.25, 0.3) is 0 Å². The van der Waals surface area contributed by atoms with Crippen molar-refractivity contribution in [1.82, 2.24) is 0 Å². The summed E-state index contributed by atoms with van der Waals surface area (Å²) in [5.74, 6) is 0.0493. The number of hydrogen-bond acceptors (Lipinski definition) is 3. The lowest BCUT2D eigenvalue weighted by atomic mass is 9.81. The number of carbonyl (C=O) groups is 2. The number of aliphatic carboxylic acids is 1. The molecule has 3 atom stereocenters. The van der Waals surface area contributed by atoms with E-state index in [1.54, 1.807) is 0 Å². The van der Waals surface area contributed by atoms with Gasteiger partial charge in [-0.2, -0.15) is 0 Å². The fourth-order valence-corrected chi connectivity index (χ4v) is 5.06. The molecule has 0 amide bonds. The molecule has 194 valence electrons. The van der Waals surface area contributed by atoms with Crippen molar-refractivity contribution < 1.29 is 19.4 Å². The molecule has 0 saturated heterocycles.